The summed E-state index contributed by atoms with van der Waals surface area (Å²) in [6.07, 6.45) is 0. The van der Waals surface area contributed by atoms with Crippen LogP contribution in [0.2, 0.25) is 5.04 Å². The van der Waals surface area contributed by atoms with Crippen LogP contribution in [-0.2, 0) is 17.6 Å². The average molecular weight is 537 g/mol. The third-order valence-electron chi connectivity index (χ3n) is 6.61. The molecule has 4 rings (SSSR count). The second-order valence-electron chi connectivity index (χ2n) is 10.2. The molecular weight excluding hydrogens is 502 g/mol. The molecule has 0 radical (unpaired) electrons. The van der Waals surface area contributed by atoms with Gasteiger partial charge in [0.1, 0.15) is 0 Å². The van der Waals surface area contributed by atoms with Crippen molar-refractivity contribution in [2.45, 2.75) is 45.9 Å². The Morgan fingerprint density at radius 3 is 2.03 bits per heavy atom. The largest absolute Gasteiger partial charge is 0.407 e. The monoisotopic (exact) mass is 535 g/mol. The maximum absolute atomic E-state index is 10.0. The number of nitrogens with zero attached hydrogens (tertiary/aromatic N) is 1. The van der Waals surface area contributed by atoms with Gasteiger partial charge in [0.2, 0.25) is 0 Å². The molecule has 0 spiro atoms. The van der Waals surface area contributed by atoms with Crippen molar-refractivity contribution in [2.75, 3.05) is 6.61 Å². The van der Waals surface area contributed by atoms with E-state index in [2.05, 4.69) is 127 Å². The molecule has 1 atom stereocenters. The Labute approximate surface area is 212 Å². The van der Waals surface area contributed by atoms with E-state index in [1.54, 1.807) is 0 Å². The number of hydrogen-bond acceptors (Lipinski definition) is 2. The molecule has 0 bridgehead atoms. The standard InChI is InChI=1S/C29H34BrNO2Si/c1-22(19-31-25(20-32)17-23-15-16-24(30)18-28(23)31)21-33-34(29(2,3)4,26-11-7-5-8-12-26)27-13-9-6-10-14-27/h5-18,22,32H,19-21H2,1-4H3/t22-/m1/s1. The summed E-state index contributed by atoms with van der Waals surface area (Å²) in [6, 6.07) is 29.9. The molecule has 1 heterocycles. The fraction of sp³-hybridized carbons (Fsp3) is 0.310. The van der Waals surface area contributed by atoms with E-state index in [4.69, 9.17) is 4.43 Å². The van der Waals surface area contributed by atoms with Crippen LogP contribution < -0.4 is 10.4 Å². The minimum absolute atomic E-state index is 0.0224. The third kappa shape index (κ3) is 4.80. The molecular formula is C29H34BrNO2Si. The normalized spacial score (nSPS) is 13.4. The lowest BCUT2D eigenvalue weighted by Gasteiger charge is -2.43. The number of aliphatic hydroxyl groups is 1. The Hall–Kier alpha value is -2.18. The van der Waals surface area contributed by atoms with Crippen LogP contribution in [0.15, 0.2) is 89.4 Å². The smallest absolute Gasteiger partial charge is 0.261 e. The molecule has 178 valence electrons. The van der Waals surface area contributed by atoms with Gasteiger partial charge in [-0.2, -0.15) is 0 Å². The van der Waals surface area contributed by atoms with Crippen LogP contribution in [0.3, 0.4) is 0 Å². The number of benzene rings is 3. The van der Waals surface area contributed by atoms with Crippen molar-refractivity contribution in [1.82, 2.24) is 4.57 Å². The SMILES string of the molecule is C[C@@H](CO[Si](c1ccccc1)(c1ccccc1)C(C)(C)C)Cn1c(CO)cc2ccc(Br)cc21. The first-order valence-electron chi connectivity index (χ1n) is 11.9. The highest BCUT2D eigenvalue weighted by atomic mass is 79.9. The lowest BCUT2D eigenvalue weighted by atomic mass is 10.2. The van der Waals surface area contributed by atoms with Gasteiger partial charge in [0, 0.05) is 34.2 Å². The van der Waals surface area contributed by atoms with E-state index in [-0.39, 0.29) is 17.6 Å². The molecule has 0 unspecified atom stereocenters. The number of rotatable bonds is 8. The zero-order chi connectivity index (χ0) is 24.3. The zero-order valence-electron chi connectivity index (χ0n) is 20.5. The topological polar surface area (TPSA) is 34.4 Å². The van der Waals surface area contributed by atoms with Gasteiger partial charge in [-0.25, -0.2) is 0 Å². The second-order valence-corrected chi connectivity index (χ2v) is 15.4. The fourth-order valence-corrected chi connectivity index (χ4v) is 10.1. The number of aromatic nitrogens is 1. The summed E-state index contributed by atoms with van der Waals surface area (Å²) in [7, 11) is -2.56. The summed E-state index contributed by atoms with van der Waals surface area (Å²) in [5.74, 6) is 0.265. The molecule has 0 aliphatic rings. The van der Waals surface area contributed by atoms with Crippen molar-refractivity contribution in [3.63, 3.8) is 0 Å². The summed E-state index contributed by atoms with van der Waals surface area (Å²) < 4.78 is 10.4. The maximum Gasteiger partial charge on any atom is 0.261 e. The van der Waals surface area contributed by atoms with E-state index in [1.165, 1.54) is 10.4 Å². The van der Waals surface area contributed by atoms with Gasteiger partial charge in [-0.3, -0.25) is 0 Å². The van der Waals surface area contributed by atoms with Gasteiger partial charge in [-0.05, 0) is 39.5 Å². The lowest BCUT2D eigenvalue weighted by Crippen LogP contribution is -2.66. The van der Waals surface area contributed by atoms with Gasteiger partial charge in [0.25, 0.3) is 8.32 Å². The Balaban J connectivity index is 1.68. The number of aliphatic hydroxyl groups excluding tert-OH is 1. The van der Waals surface area contributed by atoms with Gasteiger partial charge in [-0.1, -0.05) is 110 Å². The molecule has 0 amide bonds. The molecule has 1 N–H and O–H groups in total. The molecule has 5 heteroatoms. The quantitative estimate of drug-likeness (QED) is 0.276. The first-order valence-corrected chi connectivity index (χ1v) is 14.6. The lowest BCUT2D eigenvalue weighted by molar-refractivity contribution is 0.225. The van der Waals surface area contributed by atoms with E-state index >= 15 is 0 Å². The molecule has 3 aromatic carbocycles. The van der Waals surface area contributed by atoms with Crippen molar-refractivity contribution >= 4 is 45.5 Å². The van der Waals surface area contributed by atoms with E-state index in [9.17, 15) is 5.11 Å². The van der Waals surface area contributed by atoms with Crippen molar-refractivity contribution in [3.8, 4) is 0 Å². The Morgan fingerprint density at radius 2 is 1.50 bits per heavy atom. The van der Waals surface area contributed by atoms with E-state index in [0.29, 0.717) is 6.61 Å². The van der Waals surface area contributed by atoms with Crippen LogP contribution in [0.25, 0.3) is 10.9 Å². The van der Waals surface area contributed by atoms with Crippen LogP contribution in [0, 0.1) is 5.92 Å². The molecule has 4 aromatic rings. The second kappa shape index (κ2) is 10.2. The predicted molar refractivity (Wildman–Crippen MR) is 148 cm³/mol. The summed E-state index contributed by atoms with van der Waals surface area (Å²) in [5, 5.41) is 13.7. The Morgan fingerprint density at radius 1 is 0.912 bits per heavy atom. The van der Waals surface area contributed by atoms with Crippen LogP contribution in [0.4, 0.5) is 0 Å². The molecule has 0 aliphatic carbocycles. The molecule has 0 saturated carbocycles. The molecule has 34 heavy (non-hydrogen) atoms. The van der Waals surface area contributed by atoms with E-state index in [0.717, 1.165) is 27.6 Å². The number of fused-ring (bicyclic) bond motifs is 1. The molecule has 0 aliphatic heterocycles. The van der Waals surface area contributed by atoms with Crippen LogP contribution in [-0.4, -0.2) is 24.6 Å². The summed E-state index contributed by atoms with van der Waals surface area (Å²) in [4.78, 5) is 0. The van der Waals surface area contributed by atoms with Crippen LogP contribution >= 0.6 is 15.9 Å². The van der Waals surface area contributed by atoms with Crippen molar-refractivity contribution in [3.05, 3.63) is 95.1 Å². The van der Waals surface area contributed by atoms with E-state index < -0.39 is 8.32 Å². The minimum atomic E-state index is -2.56. The average Bonchev–Trinajstić information content (AvgIpc) is 3.16. The summed E-state index contributed by atoms with van der Waals surface area (Å²) >= 11 is 3.60. The highest BCUT2D eigenvalue weighted by molar-refractivity contribution is 9.10. The van der Waals surface area contributed by atoms with Crippen molar-refractivity contribution in [2.24, 2.45) is 5.92 Å². The first kappa shape index (κ1) is 24.9. The molecule has 0 saturated heterocycles. The van der Waals surface area contributed by atoms with Crippen molar-refractivity contribution in [1.29, 1.82) is 0 Å². The number of halogens is 1. The summed E-state index contributed by atoms with van der Waals surface area (Å²) in [5.41, 5.74) is 2.07. The first-order chi connectivity index (χ1) is 16.3. The van der Waals surface area contributed by atoms with Gasteiger partial charge in [-0.15, -0.1) is 0 Å². The maximum atomic E-state index is 10.0. The van der Waals surface area contributed by atoms with Crippen molar-refractivity contribution < 1.29 is 9.53 Å². The van der Waals surface area contributed by atoms with Gasteiger partial charge in [0.05, 0.1) is 6.61 Å². The van der Waals surface area contributed by atoms with Gasteiger partial charge < -0.3 is 14.1 Å². The van der Waals surface area contributed by atoms with Crippen LogP contribution in [0.5, 0.6) is 0 Å². The Bertz CT molecular complexity index is 1190. The summed E-state index contributed by atoms with van der Waals surface area (Å²) in [6.45, 7) is 10.6. The number of hydrogen-bond donors (Lipinski definition) is 1. The molecule has 0 fully saturated rings. The Kier molecular flexibility index (Phi) is 7.48. The highest BCUT2D eigenvalue weighted by Gasteiger charge is 2.50. The van der Waals surface area contributed by atoms with Crippen LogP contribution in [0.1, 0.15) is 33.4 Å². The third-order valence-corrected chi connectivity index (χ3v) is 12.1. The molecule has 1 aromatic heterocycles. The van der Waals surface area contributed by atoms with E-state index in [1.807, 2.05) is 6.07 Å². The fourth-order valence-electron chi connectivity index (χ4n) is 5.02. The zero-order valence-corrected chi connectivity index (χ0v) is 23.0. The van der Waals surface area contributed by atoms with Gasteiger partial charge >= 0.3 is 0 Å². The minimum Gasteiger partial charge on any atom is -0.407 e. The molecule has 3 nitrogen and oxygen atoms in total. The predicted octanol–water partition coefficient (Wildman–Crippen LogP) is 6.11. The highest BCUT2D eigenvalue weighted by Crippen LogP contribution is 2.37. The van der Waals surface area contributed by atoms with Gasteiger partial charge in [0.15, 0.2) is 0 Å².